The molecule has 1 aromatic carbocycles. The standard InChI is InChI=1S/C15H18N2O3/c1-2-16-15-8-4-3-5-12(15)9-11-10-13(17(18)19)6-7-14(11)20-15/h6-7,9-10,16H,2-5,8H2,1H3/p+1/t15-/m0/s1. The number of hydrogen-bond acceptors (Lipinski definition) is 3. The molecule has 1 fully saturated rings. The van der Waals surface area contributed by atoms with Crippen molar-refractivity contribution in [3.8, 4) is 5.75 Å². The zero-order valence-electron chi connectivity index (χ0n) is 11.6. The fourth-order valence-electron chi connectivity index (χ4n) is 3.23. The number of hydrogen-bond donors (Lipinski definition) is 1. The highest BCUT2D eigenvalue weighted by Gasteiger charge is 2.44. The number of non-ortho nitro benzene ring substituents is 1. The number of nitro groups is 1. The molecule has 0 amide bonds. The number of nitrogens with two attached hydrogens (primary N) is 1. The predicted octanol–water partition coefficient (Wildman–Crippen LogP) is 2.22. The lowest BCUT2D eigenvalue weighted by Gasteiger charge is -2.39. The van der Waals surface area contributed by atoms with Gasteiger partial charge in [-0.25, -0.2) is 0 Å². The second kappa shape index (κ2) is 4.90. The topological polar surface area (TPSA) is 69.0 Å². The average molecular weight is 275 g/mol. The van der Waals surface area contributed by atoms with E-state index >= 15 is 0 Å². The second-order valence-electron chi connectivity index (χ2n) is 5.46. The van der Waals surface area contributed by atoms with E-state index < -0.39 is 0 Å². The molecule has 0 bridgehead atoms. The Labute approximate surface area is 117 Å². The molecule has 0 saturated heterocycles. The Morgan fingerprint density at radius 2 is 2.30 bits per heavy atom. The zero-order valence-corrected chi connectivity index (χ0v) is 11.6. The summed E-state index contributed by atoms with van der Waals surface area (Å²) in [7, 11) is 0. The van der Waals surface area contributed by atoms with Crippen LogP contribution in [0.2, 0.25) is 0 Å². The Morgan fingerprint density at radius 1 is 1.45 bits per heavy atom. The molecule has 1 aliphatic carbocycles. The molecule has 1 aromatic rings. The first-order chi connectivity index (χ1) is 9.64. The minimum atomic E-state index is -0.361. The first-order valence-corrected chi connectivity index (χ1v) is 7.17. The lowest BCUT2D eigenvalue weighted by molar-refractivity contribution is -0.751. The van der Waals surface area contributed by atoms with Crippen molar-refractivity contribution in [2.75, 3.05) is 6.54 Å². The Morgan fingerprint density at radius 3 is 3.05 bits per heavy atom. The van der Waals surface area contributed by atoms with Gasteiger partial charge in [-0.3, -0.25) is 10.1 Å². The molecule has 0 spiro atoms. The van der Waals surface area contributed by atoms with Crippen molar-refractivity contribution in [1.29, 1.82) is 0 Å². The maximum atomic E-state index is 10.9. The predicted molar refractivity (Wildman–Crippen MR) is 75.4 cm³/mol. The molecule has 1 aliphatic heterocycles. The SMILES string of the molecule is CC[NH2+][C@]12CCCCC1=Cc1cc([N+](=O)[O-])ccc1O2. The van der Waals surface area contributed by atoms with Crippen molar-refractivity contribution in [3.63, 3.8) is 0 Å². The van der Waals surface area contributed by atoms with Crippen molar-refractivity contribution in [1.82, 2.24) is 0 Å². The highest BCUT2D eigenvalue weighted by atomic mass is 16.6. The molecule has 3 rings (SSSR count). The van der Waals surface area contributed by atoms with Gasteiger partial charge in [-0.2, -0.15) is 0 Å². The maximum Gasteiger partial charge on any atom is 0.270 e. The van der Waals surface area contributed by atoms with E-state index in [1.54, 1.807) is 12.1 Å². The van der Waals surface area contributed by atoms with Crippen LogP contribution in [-0.2, 0) is 0 Å². The van der Waals surface area contributed by atoms with Crippen molar-refractivity contribution in [2.24, 2.45) is 0 Å². The molecule has 1 atom stereocenters. The molecule has 2 N–H and O–H groups in total. The minimum Gasteiger partial charge on any atom is -0.436 e. The van der Waals surface area contributed by atoms with Crippen LogP contribution in [0.3, 0.4) is 0 Å². The van der Waals surface area contributed by atoms with Crippen LogP contribution >= 0.6 is 0 Å². The number of ether oxygens (including phenoxy) is 1. The quantitative estimate of drug-likeness (QED) is 0.679. The van der Waals surface area contributed by atoms with Crippen LogP contribution in [-0.4, -0.2) is 17.2 Å². The van der Waals surface area contributed by atoms with E-state index in [-0.39, 0.29) is 16.3 Å². The summed E-state index contributed by atoms with van der Waals surface area (Å²) < 4.78 is 6.25. The molecular weight excluding hydrogens is 256 g/mol. The van der Waals surface area contributed by atoms with Crippen molar-refractivity contribution in [2.45, 2.75) is 38.3 Å². The zero-order chi connectivity index (χ0) is 14.2. The van der Waals surface area contributed by atoms with Gasteiger partial charge in [0.1, 0.15) is 5.75 Å². The number of nitrogens with zero attached hydrogens (tertiary/aromatic N) is 1. The van der Waals surface area contributed by atoms with Crippen molar-refractivity contribution < 1.29 is 15.0 Å². The van der Waals surface area contributed by atoms with Gasteiger partial charge in [-0.05, 0) is 38.3 Å². The van der Waals surface area contributed by atoms with Gasteiger partial charge in [-0.1, -0.05) is 0 Å². The summed E-state index contributed by atoms with van der Waals surface area (Å²) in [6.45, 7) is 3.08. The van der Waals surface area contributed by atoms with E-state index in [0.29, 0.717) is 0 Å². The van der Waals surface area contributed by atoms with Gasteiger partial charge in [0, 0.05) is 29.7 Å². The number of quaternary nitrogens is 1. The Hall–Kier alpha value is -1.88. The number of nitro benzene ring substituents is 1. The lowest BCUT2D eigenvalue weighted by atomic mass is 9.83. The minimum absolute atomic E-state index is 0.118. The molecule has 106 valence electrons. The van der Waals surface area contributed by atoms with E-state index in [4.69, 9.17) is 4.74 Å². The van der Waals surface area contributed by atoms with Crippen molar-refractivity contribution in [3.05, 3.63) is 39.4 Å². The van der Waals surface area contributed by atoms with Gasteiger partial charge in [-0.15, -0.1) is 0 Å². The van der Waals surface area contributed by atoms with Gasteiger partial charge >= 0.3 is 0 Å². The Balaban J connectivity index is 2.04. The van der Waals surface area contributed by atoms with Gasteiger partial charge in [0.25, 0.3) is 11.4 Å². The third-order valence-corrected chi connectivity index (χ3v) is 4.15. The normalized spacial score (nSPS) is 24.1. The monoisotopic (exact) mass is 275 g/mol. The van der Waals surface area contributed by atoms with Crippen LogP contribution in [0.15, 0.2) is 23.8 Å². The molecule has 0 radical (unpaired) electrons. The number of likely N-dealkylation sites (N-methyl/N-ethyl adjacent to an activating group) is 1. The van der Waals surface area contributed by atoms with Gasteiger partial charge in [0.2, 0.25) is 0 Å². The molecule has 20 heavy (non-hydrogen) atoms. The van der Waals surface area contributed by atoms with Gasteiger partial charge < -0.3 is 10.1 Å². The highest BCUT2D eigenvalue weighted by Crippen LogP contribution is 2.41. The fraction of sp³-hybridized carbons (Fsp3) is 0.467. The summed E-state index contributed by atoms with van der Waals surface area (Å²) >= 11 is 0. The van der Waals surface area contributed by atoms with Crippen molar-refractivity contribution >= 4 is 11.8 Å². The smallest absolute Gasteiger partial charge is 0.270 e. The van der Waals surface area contributed by atoms with Gasteiger partial charge in [0.05, 0.1) is 11.5 Å². The van der Waals surface area contributed by atoms with Crippen LogP contribution < -0.4 is 10.1 Å². The average Bonchev–Trinajstić information content (AvgIpc) is 2.44. The van der Waals surface area contributed by atoms with E-state index in [9.17, 15) is 10.1 Å². The van der Waals surface area contributed by atoms with Crippen LogP contribution in [0.25, 0.3) is 6.08 Å². The largest absolute Gasteiger partial charge is 0.436 e. The fourth-order valence-corrected chi connectivity index (χ4v) is 3.23. The van der Waals surface area contributed by atoms with Crippen LogP contribution in [0.4, 0.5) is 5.69 Å². The number of fused-ring (bicyclic) bond motifs is 2. The number of rotatable bonds is 3. The van der Waals surface area contributed by atoms with Crippen LogP contribution in [0.1, 0.15) is 38.2 Å². The second-order valence-corrected chi connectivity index (χ2v) is 5.46. The summed E-state index contributed by atoms with van der Waals surface area (Å²) in [5.74, 6) is 0.756. The third kappa shape index (κ3) is 2.08. The molecule has 1 heterocycles. The molecule has 0 aromatic heterocycles. The summed E-state index contributed by atoms with van der Waals surface area (Å²) in [6.07, 6.45) is 6.44. The first kappa shape index (κ1) is 13.1. The molecule has 1 saturated carbocycles. The molecule has 2 aliphatic rings. The van der Waals surface area contributed by atoms with E-state index in [1.165, 1.54) is 18.1 Å². The Kier molecular flexibility index (Phi) is 3.22. The summed E-state index contributed by atoms with van der Waals surface area (Å²) in [5, 5.41) is 13.1. The summed E-state index contributed by atoms with van der Waals surface area (Å²) in [5.41, 5.74) is 1.93. The third-order valence-electron chi connectivity index (χ3n) is 4.15. The maximum absolute atomic E-state index is 10.9. The van der Waals surface area contributed by atoms with Crippen LogP contribution in [0.5, 0.6) is 5.75 Å². The number of benzene rings is 1. The van der Waals surface area contributed by atoms with Gasteiger partial charge in [0.15, 0.2) is 0 Å². The molecule has 5 nitrogen and oxygen atoms in total. The van der Waals surface area contributed by atoms with E-state index in [1.807, 2.05) is 0 Å². The van der Waals surface area contributed by atoms with Crippen LogP contribution in [0, 0.1) is 10.1 Å². The summed E-state index contributed by atoms with van der Waals surface area (Å²) in [6, 6.07) is 4.84. The highest BCUT2D eigenvalue weighted by molar-refractivity contribution is 5.66. The van der Waals surface area contributed by atoms with E-state index in [0.717, 1.165) is 37.1 Å². The first-order valence-electron chi connectivity index (χ1n) is 7.17. The molecular formula is C15H19N2O3+. The lowest BCUT2D eigenvalue weighted by Crippen LogP contribution is -2.99. The van der Waals surface area contributed by atoms with E-state index in [2.05, 4.69) is 18.3 Å². The molecule has 0 unspecified atom stereocenters. The Bertz CT molecular complexity index is 578. The summed E-state index contributed by atoms with van der Waals surface area (Å²) in [4.78, 5) is 10.5. The molecule has 5 heteroatoms.